The predicted octanol–water partition coefficient (Wildman–Crippen LogP) is 1.53. The summed E-state index contributed by atoms with van der Waals surface area (Å²) in [5.41, 5.74) is 0.283. The number of ketones is 1. The van der Waals surface area contributed by atoms with E-state index in [1.165, 1.54) is 0 Å². The Bertz CT molecular complexity index is 677. The molecule has 0 bridgehead atoms. The molecule has 1 aliphatic carbocycles. The molecule has 0 atom stereocenters. The van der Waals surface area contributed by atoms with Crippen molar-refractivity contribution in [3.8, 4) is 5.75 Å². The van der Waals surface area contributed by atoms with Gasteiger partial charge in [-0.1, -0.05) is 0 Å². The van der Waals surface area contributed by atoms with Gasteiger partial charge in [0.2, 0.25) is 0 Å². The van der Waals surface area contributed by atoms with Crippen molar-refractivity contribution in [2.24, 2.45) is 0 Å². The second-order valence-corrected chi connectivity index (χ2v) is 6.00. The van der Waals surface area contributed by atoms with Crippen LogP contribution in [0.2, 0.25) is 0 Å². The van der Waals surface area contributed by atoms with Crippen LogP contribution >= 0.6 is 0 Å². The minimum absolute atomic E-state index is 0.0584. The molecule has 0 unspecified atom stereocenters. The second-order valence-electron chi connectivity index (χ2n) is 6.00. The summed E-state index contributed by atoms with van der Waals surface area (Å²) in [5, 5.41) is 10.4. The Morgan fingerprint density at radius 2 is 1.92 bits per heavy atom. The quantitative estimate of drug-likeness (QED) is 0.252. The summed E-state index contributed by atoms with van der Waals surface area (Å²) >= 11 is 0. The highest BCUT2D eigenvalue weighted by molar-refractivity contribution is 6.28. The van der Waals surface area contributed by atoms with Gasteiger partial charge in [-0.25, -0.2) is 0 Å². The molecule has 0 spiro atoms. The first-order valence-electron chi connectivity index (χ1n) is 8.19. The lowest BCUT2D eigenvalue weighted by Gasteiger charge is -2.12. The summed E-state index contributed by atoms with van der Waals surface area (Å²) in [6.45, 7) is 1.07. The van der Waals surface area contributed by atoms with E-state index >= 15 is 0 Å². The van der Waals surface area contributed by atoms with Crippen LogP contribution in [0.15, 0.2) is 29.8 Å². The Kier molecular flexibility index (Phi) is 5.35. The molecule has 7 heteroatoms. The van der Waals surface area contributed by atoms with Crippen LogP contribution in [0.25, 0.3) is 5.76 Å². The van der Waals surface area contributed by atoms with Crippen LogP contribution in [-0.4, -0.2) is 61.4 Å². The van der Waals surface area contributed by atoms with Crippen molar-refractivity contribution in [1.82, 2.24) is 4.90 Å². The number of aliphatic hydroxyl groups is 1. The van der Waals surface area contributed by atoms with Crippen LogP contribution in [-0.2, 0) is 19.1 Å². The van der Waals surface area contributed by atoms with E-state index in [0.717, 1.165) is 12.8 Å². The fraction of sp³-hybridized carbons (Fsp3) is 0.444. The fourth-order valence-electron chi connectivity index (χ4n) is 2.65. The van der Waals surface area contributed by atoms with Crippen molar-refractivity contribution < 1.29 is 28.9 Å². The Balaban J connectivity index is 1.65. The zero-order chi connectivity index (χ0) is 17.8. The maximum absolute atomic E-state index is 12.3. The average molecular weight is 347 g/mol. The smallest absolute Gasteiger partial charge is 0.262 e. The molecule has 134 valence electrons. The molecule has 1 aromatic carbocycles. The molecule has 1 saturated heterocycles. The Morgan fingerprint density at radius 1 is 1.20 bits per heavy atom. The lowest BCUT2D eigenvalue weighted by atomic mass is 10.1. The molecule has 7 nitrogen and oxygen atoms in total. The van der Waals surface area contributed by atoms with Gasteiger partial charge in [-0.2, -0.15) is 0 Å². The van der Waals surface area contributed by atoms with Gasteiger partial charge in [0.15, 0.2) is 12.6 Å². The molecule has 1 heterocycles. The molecule has 0 aromatic heterocycles. The molecule has 2 fully saturated rings. The number of hydrogen-bond acceptors (Lipinski definition) is 6. The number of carbonyl (C=O) groups excluding carboxylic acids is 2. The van der Waals surface area contributed by atoms with Gasteiger partial charge < -0.3 is 24.2 Å². The number of Topliss-reactive ketones (excluding diaryl/α,β-unsaturated/α-hetero) is 1. The minimum atomic E-state index is -0.378. The zero-order valence-electron chi connectivity index (χ0n) is 14.1. The molecule has 1 aromatic rings. The SMILES string of the molecule is COCCOCOc1ccc(/C(O)=C2/C(=O)CN(C3CC3)C2=O)cc1. The van der Waals surface area contributed by atoms with Gasteiger partial charge in [0, 0.05) is 18.7 Å². The van der Waals surface area contributed by atoms with Crippen LogP contribution in [0.1, 0.15) is 18.4 Å². The minimum Gasteiger partial charge on any atom is -0.506 e. The highest BCUT2D eigenvalue weighted by atomic mass is 16.7. The summed E-state index contributed by atoms with van der Waals surface area (Å²) in [5.74, 6) is -0.429. The van der Waals surface area contributed by atoms with Crippen LogP contribution < -0.4 is 4.74 Å². The summed E-state index contributed by atoms with van der Waals surface area (Å²) in [6.07, 6.45) is 1.84. The predicted molar refractivity (Wildman–Crippen MR) is 89.1 cm³/mol. The van der Waals surface area contributed by atoms with E-state index in [1.54, 1.807) is 36.3 Å². The van der Waals surface area contributed by atoms with Crippen molar-refractivity contribution in [3.05, 3.63) is 35.4 Å². The number of nitrogens with zero attached hydrogens (tertiary/aromatic N) is 1. The van der Waals surface area contributed by atoms with Gasteiger partial charge in [0.25, 0.3) is 5.91 Å². The molecule has 2 aliphatic rings. The van der Waals surface area contributed by atoms with Gasteiger partial charge in [-0.3, -0.25) is 9.59 Å². The van der Waals surface area contributed by atoms with Crippen LogP contribution in [0.4, 0.5) is 0 Å². The lowest BCUT2D eigenvalue weighted by molar-refractivity contribution is -0.125. The van der Waals surface area contributed by atoms with Crippen molar-refractivity contribution in [2.45, 2.75) is 18.9 Å². The highest BCUT2D eigenvalue weighted by Gasteiger charge is 2.43. The molecule has 1 N–H and O–H groups in total. The maximum atomic E-state index is 12.3. The van der Waals surface area contributed by atoms with Gasteiger partial charge >= 0.3 is 0 Å². The fourth-order valence-corrected chi connectivity index (χ4v) is 2.65. The Labute approximate surface area is 145 Å². The van der Waals surface area contributed by atoms with Crippen LogP contribution in [0.5, 0.6) is 5.75 Å². The summed E-state index contributed by atoms with van der Waals surface area (Å²) in [4.78, 5) is 26.0. The lowest BCUT2D eigenvalue weighted by Crippen LogP contribution is -2.27. The van der Waals surface area contributed by atoms with Crippen molar-refractivity contribution in [2.75, 3.05) is 33.7 Å². The molecule has 1 amide bonds. The summed E-state index contributed by atoms with van der Waals surface area (Å²) in [6, 6.07) is 6.65. The van der Waals surface area contributed by atoms with Gasteiger partial charge in [-0.05, 0) is 37.1 Å². The van der Waals surface area contributed by atoms with E-state index in [2.05, 4.69) is 0 Å². The normalized spacial score (nSPS) is 19.5. The Morgan fingerprint density at radius 3 is 2.56 bits per heavy atom. The second kappa shape index (κ2) is 7.67. The molecule has 3 rings (SSSR count). The van der Waals surface area contributed by atoms with E-state index < -0.39 is 0 Å². The van der Waals surface area contributed by atoms with Crippen molar-refractivity contribution in [3.63, 3.8) is 0 Å². The highest BCUT2D eigenvalue weighted by Crippen LogP contribution is 2.33. The number of methoxy groups -OCH3 is 1. The summed E-state index contributed by atoms with van der Waals surface area (Å²) in [7, 11) is 1.59. The largest absolute Gasteiger partial charge is 0.506 e. The molecule has 1 saturated carbocycles. The first-order chi connectivity index (χ1) is 12.1. The van der Waals surface area contributed by atoms with Crippen molar-refractivity contribution >= 4 is 17.4 Å². The monoisotopic (exact) mass is 347 g/mol. The zero-order valence-corrected chi connectivity index (χ0v) is 14.1. The first kappa shape index (κ1) is 17.4. The van der Waals surface area contributed by atoms with Gasteiger partial charge in [0.05, 0.1) is 19.8 Å². The summed E-state index contributed by atoms with van der Waals surface area (Å²) < 4.78 is 15.5. The van der Waals surface area contributed by atoms with Gasteiger partial charge in [-0.15, -0.1) is 0 Å². The standard InChI is InChI=1S/C18H21NO6/c1-23-8-9-24-11-25-14-6-2-12(3-7-14)17(21)16-15(20)10-19(18(16)22)13-4-5-13/h2-3,6-7,13,21H,4-5,8-11H2,1H3/b17-16+. The van der Waals surface area contributed by atoms with E-state index in [1.807, 2.05) is 0 Å². The topological polar surface area (TPSA) is 85.3 Å². The van der Waals surface area contributed by atoms with Crippen LogP contribution in [0.3, 0.4) is 0 Å². The maximum Gasteiger partial charge on any atom is 0.262 e. The number of rotatable bonds is 8. The number of likely N-dealkylation sites (tertiary alicyclic amines) is 1. The molecular weight excluding hydrogens is 326 g/mol. The number of benzene rings is 1. The first-order valence-corrected chi connectivity index (χ1v) is 8.19. The average Bonchev–Trinajstić information content (AvgIpc) is 3.40. The van der Waals surface area contributed by atoms with E-state index in [4.69, 9.17) is 14.2 Å². The number of ether oxygens (including phenoxy) is 3. The molecule has 0 radical (unpaired) electrons. The van der Waals surface area contributed by atoms with Crippen LogP contribution in [0, 0.1) is 0 Å². The third-order valence-corrected chi connectivity index (χ3v) is 4.16. The number of carbonyl (C=O) groups is 2. The Hall–Kier alpha value is -2.38. The third-order valence-electron chi connectivity index (χ3n) is 4.16. The molecular formula is C18H21NO6. The molecule has 25 heavy (non-hydrogen) atoms. The molecule has 1 aliphatic heterocycles. The number of amides is 1. The van der Waals surface area contributed by atoms with E-state index in [0.29, 0.717) is 24.5 Å². The number of hydrogen-bond donors (Lipinski definition) is 1. The van der Waals surface area contributed by atoms with E-state index in [-0.39, 0.29) is 42.4 Å². The number of aliphatic hydroxyl groups excluding tert-OH is 1. The third kappa shape index (κ3) is 4.00. The van der Waals surface area contributed by atoms with Crippen molar-refractivity contribution in [1.29, 1.82) is 0 Å². The van der Waals surface area contributed by atoms with Gasteiger partial charge in [0.1, 0.15) is 17.1 Å². The van der Waals surface area contributed by atoms with E-state index in [9.17, 15) is 14.7 Å².